The largest absolute Gasteiger partial charge is 0.465 e. The fourth-order valence-corrected chi connectivity index (χ4v) is 2.84. The molecule has 0 aliphatic carbocycles. The van der Waals surface area contributed by atoms with Crippen LogP contribution in [0.5, 0.6) is 0 Å². The average molecular weight is 341 g/mol. The van der Waals surface area contributed by atoms with Gasteiger partial charge in [-0.05, 0) is 49.4 Å². The Labute approximate surface area is 144 Å². The van der Waals surface area contributed by atoms with Gasteiger partial charge in [0.1, 0.15) is 0 Å². The Morgan fingerprint density at radius 1 is 1.04 bits per heavy atom. The second-order valence-corrected chi connectivity index (χ2v) is 5.80. The number of carbonyl (C=O) groups is 2. The van der Waals surface area contributed by atoms with E-state index < -0.39 is 11.9 Å². The first-order valence-corrected chi connectivity index (χ1v) is 7.98. The molecule has 0 atom stereocenters. The normalized spacial score (nSPS) is 9.88. The number of hydrogen-bond acceptors (Lipinski definition) is 6. The van der Waals surface area contributed by atoms with Gasteiger partial charge in [-0.25, -0.2) is 9.59 Å². The van der Waals surface area contributed by atoms with Crippen LogP contribution >= 0.6 is 11.8 Å². The lowest BCUT2D eigenvalue weighted by Gasteiger charge is -2.10. The van der Waals surface area contributed by atoms with E-state index in [-0.39, 0.29) is 17.7 Å². The smallest absolute Gasteiger partial charge is 0.339 e. The Morgan fingerprint density at radius 3 is 2.29 bits per heavy atom. The maximum absolute atomic E-state index is 12.1. The lowest BCUT2D eigenvalue weighted by atomic mass is 10.1. The first kappa shape index (κ1) is 17.6. The molecular formula is C18H15NO4S. The molecule has 2 aromatic rings. The molecule has 0 aliphatic heterocycles. The van der Waals surface area contributed by atoms with Crippen molar-refractivity contribution in [3.63, 3.8) is 0 Å². The summed E-state index contributed by atoms with van der Waals surface area (Å²) in [7, 11) is 1.26. The van der Waals surface area contributed by atoms with Gasteiger partial charge in [-0.1, -0.05) is 11.8 Å². The van der Waals surface area contributed by atoms with E-state index in [0.29, 0.717) is 5.56 Å². The van der Waals surface area contributed by atoms with Crippen LogP contribution in [0.15, 0.2) is 52.3 Å². The molecule has 0 amide bonds. The molecular weight excluding hydrogens is 326 g/mol. The lowest BCUT2D eigenvalue weighted by molar-refractivity contribution is 0.0503. The first-order chi connectivity index (χ1) is 11.6. The number of methoxy groups -OCH3 is 1. The summed E-state index contributed by atoms with van der Waals surface area (Å²) in [4.78, 5) is 25.6. The van der Waals surface area contributed by atoms with Gasteiger partial charge >= 0.3 is 11.9 Å². The predicted molar refractivity (Wildman–Crippen MR) is 89.0 cm³/mol. The summed E-state index contributed by atoms with van der Waals surface area (Å²) in [6.45, 7) is 1.91. The van der Waals surface area contributed by atoms with Crippen molar-refractivity contribution in [2.24, 2.45) is 0 Å². The molecule has 24 heavy (non-hydrogen) atoms. The zero-order chi connectivity index (χ0) is 17.5. The summed E-state index contributed by atoms with van der Waals surface area (Å²) >= 11 is 1.42. The highest BCUT2D eigenvalue weighted by Crippen LogP contribution is 2.30. The van der Waals surface area contributed by atoms with Crippen molar-refractivity contribution < 1.29 is 19.1 Å². The van der Waals surface area contributed by atoms with Gasteiger partial charge in [-0.15, -0.1) is 0 Å². The molecule has 0 spiro atoms. The molecule has 122 valence electrons. The molecule has 2 aromatic carbocycles. The van der Waals surface area contributed by atoms with Gasteiger partial charge in [0.2, 0.25) is 0 Å². The van der Waals surface area contributed by atoms with Gasteiger partial charge in [-0.2, -0.15) is 5.26 Å². The Kier molecular flexibility index (Phi) is 5.99. The number of nitrogens with zero attached hydrogens (tertiary/aromatic N) is 1. The molecule has 0 heterocycles. The Bertz CT molecular complexity index is 794. The second kappa shape index (κ2) is 8.18. The van der Waals surface area contributed by atoms with Crippen LogP contribution in [0, 0.1) is 11.3 Å². The van der Waals surface area contributed by atoms with Crippen molar-refractivity contribution in [2.75, 3.05) is 13.7 Å². The van der Waals surface area contributed by atoms with Crippen molar-refractivity contribution in [1.82, 2.24) is 0 Å². The summed E-state index contributed by atoms with van der Waals surface area (Å²) in [5.74, 6) is -1.16. The topological polar surface area (TPSA) is 76.4 Å². The van der Waals surface area contributed by atoms with E-state index >= 15 is 0 Å². The van der Waals surface area contributed by atoms with Crippen molar-refractivity contribution in [1.29, 1.82) is 5.26 Å². The van der Waals surface area contributed by atoms with E-state index in [2.05, 4.69) is 6.07 Å². The van der Waals surface area contributed by atoms with Crippen LogP contribution < -0.4 is 0 Å². The standard InChI is InChI=1S/C18H15NO4S/c1-3-23-18(21)16-10-14(8-9-15(16)17(20)22-2)24-13-6-4-12(11-19)5-7-13/h4-10H,3H2,1-2H3. The molecule has 0 saturated heterocycles. The van der Waals surface area contributed by atoms with Gasteiger partial charge in [0, 0.05) is 9.79 Å². The number of ether oxygens (including phenoxy) is 2. The Balaban J connectivity index is 2.33. The molecule has 2 rings (SSSR count). The van der Waals surface area contributed by atoms with Crippen LogP contribution in [-0.4, -0.2) is 25.7 Å². The SMILES string of the molecule is CCOC(=O)c1cc(Sc2ccc(C#N)cc2)ccc1C(=O)OC. The van der Waals surface area contributed by atoms with E-state index in [9.17, 15) is 9.59 Å². The van der Waals surface area contributed by atoms with Crippen LogP contribution in [0.2, 0.25) is 0 Å². The van der Waals surface area contributed by atoms with Crippen molar-refractivity contribution >= 4 is 23.7 Å². The lowest BCUT2D eigenvalue weighted by Crippen LogP contribution is -2.13. The summed E-state index contributed by atoms with van der Waals surface area (Å²) < 4.78 is 9.71. The molecule has 0 aliphatic rings. The summed E-state index contributed by atoms with van der Waals surface area (Å²) in [5, 5.41) is 8.82. The monoisotopic (exact) mass is 341 g/mol. The number of esters is 2. The quantitative estimate of drug-likeness (QED) is 0.772. The van der Waals surface area contributed by atoms with Gasteiger partial charge in [0.05, 0.1) is 36.5 Å². The highest BCUT2D eigenvalue weighted by molar-refractivity contribution is 7.99. The summed E-state index contributed by atoms with van der Waals surface area (Å²) in [5.41, 5.74) is 0.912. The van der Waals surface area contributed by atoms with Gasteiger partial charge in [-0.3, -0.25) is 0 Å². The molecule has 0 aromatic heterocycles. The summed E-state index contributed by atoms with van der Waals surface area (Å²) in [6.07, 6.45) is 0. The van der Waals surface area contributed by atoms with Crippen LogP contribution in [0.4, 0.5) is 0 Å². The number of hydrogen-bond donors (Lipinski definition) is 0. The molecule has 0 radical (unpaired) electrons. The minimum atomic E-state index is -0.590. The molecule has 0 saturated carbocycles. The van der Waals surface area contributed by atoms with E-state index in [0.717, 1.165) is 9.79 Å². The maximum Gasteiger partial charge on any atom is 0.339 e. The van der Waals surface area contributed by atoms with Gasteiger partial charge in [0.25, 0.3) is 0 Å². The molecule has 0 fully saturated rings. The molecule has 0 bridgehead atoms. The third-order valence-corrected chi connectivity index (χ3v) is 4.11. The van der Waals surface area contributed by atoms with Crippen molar-refractivity contribution in [3.8, 4) is 6.07 Å². The fraction of sp³-hybridized carbons (Fsp3) is 0.167. The predicted octanol–water partition coefficient (Wildman–Crippen LogP) is 3.67. The number of carbonyl (C=O) groups excluding carboxylic acids is 2. The average Bonchev–Trinajstić information content (AvgIpc) is 2.62. The van der Waals surface area contributed by atoms with Gasteiger partial charge < -0.3 is 9.47 Å². The Morgan fingerprint density at radius 2 is 1.71 bits per heavy atom. The van der Waals surface area contributed by atoms with Crippen LogP contribution in [0.25, 0.3) is 0 Å². The number of benzene rings is 2. The Hall–Kier alpha value is -2.78. The highest BCUT2D eigenvalue weighted by atomic mass is 32.2. The molecule has 0 unspecified atom stereocenters. The van der Waals surface area contributed by atoms with Crippen molar-refractivity contribution in [3.05, 3.63) is 59.2 Å². The number of nitriles is 1. The van der Waals surface area contributed by atoms with E-state index in [1.807, 2.05) is 12.1 Å². The second-order valence-electron chi connectivity index (χ2n) is 4.66. The third-order valence-electron chi connectivity index (χ3n) is 3.11. The van der Waals surface area contributed by atoms with Crippen molar-refractivity contribution in [2.45, 2.75) is 16.7 Å². The minimum absolute atomic E-state index is 0.167. The fourth-order valence-electron chi connectivity index (χ4n) is 1.99. The van der Waals surface area contributed by atoms with Gasteiger partial charge in [0.15, 0.2) is 0 Å². The zero-order valence-electron chi connectivity index (χ0n) is 13.2. The highest BCUT2D eigenvalue weighted by Gasteiger charge is 2.19. The first-order valence-electron chi connectivity index (χ1n) is 7.16. The molecule has 5 nitrogen and oxygen atoms in total. The van der Waals surface area contributed by atoms with Crippen LogP contribution in [0.3, 0.4) is 0 Å². The molecule has 6 heteroatoms. The number of rotatable bonds is 5. The van der Waals surface area contributed by atoms with E-state index in [1.54, 1.807) is 37.3 Å². The van der Waals surface area contributed by atoms with E-state index in [4.69, 9.17) is 14.7 Å². The van der Waals surface area contributed by atoms with E-state index in [1.165, 1.54) is 18.9 Å². The van der Waals surface area contributed by atoms with Crippen LogP contribution in [-0.2, 0) is 9.47 Å². The minimum Gasteiger partial charge on any atom is -0.465 e. The zero-order valence-corrected chi connectivity index (χ0v) is 14.1. The molecule has 0 N–H and O–H groups in total. The third kappa shape index (κ3) is 4.15. The maximum atomic E-state index is 12.1. The van der Waals surface area contributed by atoms with Crippen LogP contribution in [0.1, 0.15) is 33.2 Å². The summed E-state index contributed by atoms with van der Waals surface area (Å²) in [6, 6.07) is 14.0.